The third-order valence-electron chi connectivity index (χ3n) is 3.71. The lowest BCUT2D eigenvalue weighted by Crippen LogP contribution is -2.15. The van der Waals surface area contributed by atoms with Gasteiger partial charge in [-0.15, -0.1) is 0 Å². The van der Waals surface area contributed by atoms with Gasteiger partial charge in [-0.3, -0.25) is 9.52 Å². The summed E-state index contributed by atoms with van der Waals surface area (Å²) >= 11 is 5.85. The summed E-state index contributed by atoms with van der Waals surface area (Å²) in [5.41, 5.74) is 0.298. The number of carbonyl (C=O) groups excluding carboxylic acids is 1. The standard InChI is InChI=1S/C19H14ClFN2O4S/c20-13-2-1-3-15(10-13)23-28(26,27)16-8-9-18(24)17(11-16)22-19(25)12-4-6-14(21)7-5-12/h1-11,23-24H,(H,22,25). The molecule has 3 N–H and O–H groups in total. The lowest BCUT2D eigenvalue weighted by Gasteiger charge is -2.12. The van der Waals surface area contributed by atoms with Crippen molar-refractivity contribution in [2.24, 2.45) is 0 Å². The van der Waals surface area contributed by atoms with Crippen LogP contribution in [0.15, 0.2) is 71.6 Å². The summed E-state index contributed by atoms with van der Waals surface area (Å²) in [6.07, 6.45) is 0. The molecule has 1 amide bonds. The molecule has 0 aromatic heterocycles. The Morgan fingerprint density at radius 1 is 1.00 bits per heavy atom. The van der Waals surface area contributed by atoms with E-state index in [1.165, 1.54) is 30.3 Å². The number of anilines is 2. The van der Waals surface area contributed by atoms with Crippen LogP contribution < -0.4 is 10.0 Å². The van der Waals surface area contributed by atoms with E-state index >= 15 is 0 Å². The molecule has 0 heterocycles. The van der Waals surface area contributed by atoms with Crippen molar-refractivity contribution in [3.05, 3.63) is 83.1 Å². The van der Waals surface area contributed by atoms with E-state index in [2.05, 4.69) is 10.0 Å². The van der Waals surface area contributed by atoms with Crippen LogP contribution in [0.2, 0.25) is 5.02 Å². The van der Waals surface area contributed by atoms with Gasteiger partial charge in [0.2, 0.25) is 0 Å². The summed E-state index contributed by atoms with van der Waals surface area (Å²) in [6, 6.07) is 14.4. The van der Waals surface area contributed by atoms with Crippen LogP contribution in [0, 0.1) is 5.82 Å². The molecule has 0 spiro atoms. The highest BCUT2D eigenvalue weighted by Gasteiger charge is 2.18. The zero-order chi connectivity index (χ0) is 20.3. The molecule has 0 unspecified atom stereocenters. The van der Waals surface area contributed by atoms with E-state index in [1.807, 2.05) is 0 Å². The highest BCUT2D eigenvalue weighted by molar-refractivity contribution is 7.92. The van der Waals surface area contributed by atoms with Gasteiger partial charge in [0.05, 0.1) is 16.3 Å². The maximum atomic E-state index is 13.0. The van der Waals surface area contributed by atoms with Crippen molar-refractivity contribution in [3.8, 4) is 5.75 Å². The lowest BCUT2D eigenvalue weighted by atomic mass is 10.2. The smallest absolute Gasteiger partial charge is 0.261 e. The summed E-state index contributed by atoms with van der Waals surface area (Å²) in [4.78, 5) is 12.1. The van der Waals surface area contributed by atoms with Crippen LogP contribution >= 0.6 is 11.6 Å². The molecule has 0 aliphatic heterocycles. The molecule has 28 heavy (non-hydrogen) atoms. The van der Waals surface area contributed by atoms with Crippen molar-refractivity contribution < 1.29 is 22.7 Å². The van der Waals surface area contributed by atoms with Gasteiger partial charge in [0.25, 0.3) is 15.9 Å². The second-order valence-electron chi connectivity index (χ2n) is 5.76. The maximum absolute atomic E-state index is 13.0. The first-order chi connectivity index (χ1) is 13.2. The van der Waals surface area contributed by atoms with Crippen LogP contribution in [-0.4, -0.2) is 19.4 Å². The Morgan fingerprint density at radius 2 is 1.71 bits per heavy atom. The Labute approximate surface area is 165 Å². The SMILES string of the molecule is O=C(Nc1cc(S(=O)(=O)Nc2cccc(Cl)c2)ccc1O)c1ccc(F)cc1. The Kier molecular flexibility index (Phi) is 5.53. The van der Waals surface area contributed by atoms with Crippen molar-refractivity contribution >= 4 is 38.9 Å². The number of aromatic hydroxyl groups is 1. The number of halogens is 2. The number of phenols is 1. The van der Waals surface area contributed by atoms with Crippen molar-refractivity contribution in [1.29, 1.82) is 0 Å². The average molecular weight is 421 g/mol. The van der Waals surface area contributed by atoms with E-state index in [-0.39, 0.29) is 27.6 Å². The quantitative estimate of drug-likeness (QED) is 0.538. The van der Waals surface area contributed by atoms with Gasteiger partial charge in [-0.1, -0.05) is 17.7 Å². The van der Waals surface area contributed by atoms with Gasteiger partial charge in [0, 0.05) is 10.6 Å². The number of benzene rings is 3. The largest absolute Gasteiger partial charge is 0.506 e. The Balaban J connectivity index is 1.86. The monoisotopic (exact) mass is 420 g/mol. The van der Waals surface area contributed by atoms with Gasteiger partial charge in [-0.25, -0.2) is 12.8 Å². The molecule has 3 aromatic rings. The molecule has 9 heteroatoms. The summed E-state index contributed by atoms with van der Waals surface area (Å²) in [7, 11) is -4.00. The molecule has 0 saturated carbocycles. The maximum Gasteiger partial charge on any atom is 0.261 e. The molecular weight excluding hydrogens is 407 g/mol. The summed E-state index contributed by atoms with van der Waals surface area (Å²) < 4.78 is 40.5. The first kappa shape index (κ1) is 19.7. The zero-order valence-corrected chi connectivity index (χ0v) is 15.8. The fraction of sp³-hybridized carbons (Fsp3) is 0. The second kappa shape index (κ2) is 7.87. The van der Waals surface area contributed by atoms with E-state index in [1.54, 1.807) is 12.1 Å². The number of phenolic OH excluding ortho intramolecular Hbond substituents is 1. The Hall–Kier alpha value is -3.10. The number of nitrogens with one attached hydrogen (secondary N) is 2. The minimum absolute atomic E-state index is 0.108. The van der Waals surface area contributed by atoms with Crippen LogP contribution in [0.1, 0.15) is 10.4 Å². The third-order valence-corrected chi connectivity index (χ3v) is 5.32. The van der Waals surface area contributed by atoms with Crippen molar-refractivity contribution in [3.63, 3.8) is 0 Å². The number of rotatable bonds is 5. The molecule has 144 valence electrons. The summed E-state index contributed by atoms with van der Waals surface area (Å²) in [5.74, 6) is -1.45. The molecule has 6 nitrogen and oxygen atoms in total. The minimum Gasteiger partial charge on any atom is -0.506 e. The normalized spacial score (nSPS) is 11.1. The highest BCUT2D eigenvalue weighted by atomic mass is 35.5. The van der Waals surface area contributed by atoms with Gasteiger partial charge in [-0.05, 0) is 60.7 Å². The first-order valence-electron chi connectivity index (χ1n) is 7.93. The number of amides is 1. The molecule has 0 aliphatic rings. The van der Waals surface area contributed by atoms with Crippen molar-refractivity contribution in [2.75, 3.05) is 10.0 Å². The van der Waals surface area contributed by atoms with E-state index in [0.29, 0.717) is 5.02 Å². The molecule has 3 aromatic carbocycles. The predicted octanol–water partition coefficient (Wildman–Crippen LogP) is 4.24. The Bertz CT molecular complexity index is 1130. The number of hydrogen-bond acceptors (Lipinski definition) is 4. The molecule has 3 rings (SSSR count). The van der Waals surface area contributed by atoms with Crippen LogP contribution in [-0.2, 0) is 10.0 Å². The number of carbonyl (C=O) groups is 1. The Morgan fingerprint density at radius 3 is 2.39 bits per heavy atom. The van der Waals surface area contributed by atoms with Gasteiger partial charge in [-0.2, -0.15) is 0 Å². The second-order valence-corrected chi connectivity index (χ2v) is 7.87. The lowest BCUT2D eigenvalue weighted by molar-refractivity contribution is 0.102. The van der Waals surface area contributed by atoms with Gasteiger partial charge < -0.3 is 10.4 Å². The van der Waals surface area contributed by atoms with E-state index in [4.69, 9.17) is 11.6 Å². The minimum atomic E-state index is -4.00. The number of sulfonamides is 1. The van der Waals surface area contributed by atoms with Crippen LogP contribution in [0.25, 0.3) is 0 Å². The highest BCUT2D eigenvalue weighted by Crippen LogP contribution is 2.28. The molecule has 0 saturated heterocycles. The molecule has 0 bridgehead atoms. The fourth-order valence-electron chi connectivity index (χ4n) is 2.34. The molecule has 0 radical (unpaired) electrons. The third kappa shape index (κ3) is 4.59. The van der Waals surface area contributed by atoms with E-state index < -0.39 is 21.7 Å². The molecule has 0 atom stereocenters. The van der Waals surface area contributed by atoms with Gasteiger partial charge in [0.15, 0.2) is 0 Å². The van der Waals surface area contributed by atoms with Gasteiger partial charge >= 0.3 is 0 Å². The average Bonchev–Trinajstić information content (AvgIpc) is 2.63. The molecular formula is C19H14ClFN2O4S. The number of hydrogen-bond donors (Lipinski definition) is 3. The summed E-state index contributed by atoms with van der Waals surface area (Å²) in [5, 5.41) is 12.7. The van der Waals surface area contributed by atoms with E-state index in [0.717, 1.165) is 24.3 Å². The van der Waals surface area contributed by atoms with Crippen LogP contribution in [0.4, 0.5) is 15.8 Å². The van der Waals surface area contributed by atoms with E-state index in [9.17, 15) is 22.7 Å². The predicted molar refractivity (Wildman–Crippen MR) is 105 cm³/mol. The molecule has 0 aliphatic carbocycles. The first-order valence-corrected chi connectivity index (χ1v) is 9.79. The summed E-state index contributed by atoms with van der Waals surface area (Å²) in [6.45, 7) is 0. The topological polar surface area (TPSA) is 95.5 Å². The van der Waals surface area contributed by atoms with Crippen molar-refractivity contribution in [2.45, 2.75) is 4.90 Å². The zero-order valence-electron chi connectivity index (χ0n) is 14.2. The van der Waals surface area contributed by atoms with Crippen LogP contribution in [0.3, 0.4) is 0 Å². The van der Waals surface area contributed by atoms with Gasteiger partial charge in [0.1, 0.15) is 11.6 Å². The van der Waals surface area contributed by atoms with Crippen LogP contribution in [0.5, 0.6) is 5.75 Å². The van der Waals surface area contributed by atoms with Crippen molar-refractivity contribution in [1.82, 2.24) is 0 Å². The molecule has 0 fully saturated rings. The fourth-order valence-corrected chi connectivity index (χ4v) is 3.61.